The van der Waals surface area contributed by atoms with Crippen molar-refractivity contribution in [2.24, 2.45) is 0 Å². The number of rotatable bonds is 3. The number of hydrogen-bond acceptors (Lipinski definition) is 1. The maximum atomic E-state index is 13.5. The number of hydrogen-bond donors (Lipinski definition) is 1. The molecule has 4 aromatic rings. The van der Waals surface area contributed by atoms with Crippen molar-refractivity contribution in [1.29, 1.82) is 0 Å². The van der Waals surface area contributed by atoms with Gasteiger partial charge in [0, 0.05) is 15.6 Å². The molecule has 0 bridgehead atoms. The van der Waals surface area contributed by atoms with Crippen molar-refractivity contribution in [3.05, 3.63) is 91.7 Å². The molecule has 0 saturated carbocycles. The zero-order valence-corrected chi connectivity index (χ0v) is 16.2. The first kappa shape index (κ1) is 18.7. The second-order valence-corrected chi connectivity index (χ2v) is 7.40. The van der Waals surface area contributed by atoms with Crippen LogP contribution in [0.25, 0.3) is 22.0 Å². The van der Waals surface area contributed by atoms with Crippen molar-refractivity contribution >= 4 is 34.1 Å². The molecular weight excluding hydrogens is 405 g/mol. The molecule has 0 aliphatic heterocycles. The number of nitrogens with one attached hydrogen (secondary N) is 1. The Morgan fingerprint density at radius 2 is 1.75 bits per heavy atom. The molecule has 1 aromatic heterocycles. The summed E-state index contributed by atoms with van der Waals surface area (Å²) >= 11 is 12.4. The minimum absolute atomic E-state index is 0.204. The topological polar surface area (TPSA) is 37.8 Å². The molecule has 1 N–H and O–H groups in total. The van der Waals surface area contributed by atoms with Gasteiger partial charge in [-0.05, 0) is 60.0 Å². The van der Waals surface area contributed by atoms with Gasteiger partial charge in [0.1, 0.15) is 0 Å². The first-order valence-electron chi connectivity index (χ1n) is 8.46. The van der Waals surface area contributed by atoms with Crippen molar-refractivity contribution in [1.82, 2.24) is 9.78 Å². The van der Waals surface area contributed by atoms with Crippen LogP contribution >= 0.6 is 23.2 Å². The van der Waals surface area contributed by atoms with Gasteiger partial charge in [0.2, 0.25) is 0 Å². The quantitative estimate of drug-likeness (QED) is 0.439. The van der Waals surface area contributed by atoms with Crippen LogP contribution < -0.4 is 5.56 Å². The lowest BCUT2D eigenvalue weighted by molar-refractivity contribution is 0.506. The fraction of sp³-hybridized carbons (Fsp3) is 0.0952. The van der Waals surface area contributed by atoms with E-state index >= 15 is 0 Å². The summed E-state index contributed by atoms with van der Waals surface area (Å²) in [5.74, 6) is -1.83. The van der Waals surface area contributed by atoms with Crippen molar-refractivity contribution < 1.29 is 8.78 Å². The van der Waals surface area contributed by atoms with Crippen LogP contribution in [0.2, 0.25) is 10.0 Å². The maximum absolute atomic E-state index is 13.5. The number of benzene rings is 3. The molecule has 142 valence electrons. The fourth-order valence-electron chi connectivity index (χ4n) is 3.19. The van der Waals surface area contributed by atoms with Crippen molar-refractivity contribution in [3.8, 4) is 11.1 Å². The molecule has 0 unspecified atom stereocenters. The Kier molecular flexibility index (Phi) is 4.73. The van der Waals surface area contributed by atoms with Gasteiger partial charge in [-0.1, -0.05) is 35.3 Å². The second-order valence-electron chi connectivity index (χ2n) is 6.59. The van der Waals surface area contributed by atoms with E-state index < -0.39 is 11.6 Å². The van der Waals surface area contributed by atoms with E-state index in [1.807, 2.05) is 19.1 Å². The van der Waals surface area contributed by atoms with Crippen LogP contribution in [-0.2, 0) is 6.54 Å². The monoisotopic (exact) mass is 418 g/mol. The minimum atomic E-state index is -0.925. The van der Waals surface area contributed by atoms with Crippen molar-refractivity contribution in [2.45, 2.75) is 13.5 Å². The van der Waals surface area contributed by atoms with Crippen LogP contribution in [-0.4, -0.2) is 9.78 Å². The first-order chi connectivity index (χ1) is 13.3. The normalized spacial score (nSPS) is 11.3. The highest BCUT2D eigenvalue weighted by molar-refractivity contribution is 6.36. The maximum Gasteiger partial charge on any atom is 0.272 e. The smallest absolute Gasteiger partial charge is 0.272 e. The van der Waals surface area contributed by atoms with Crippen LogP contribution in [0.5, 0.6) is 0 Å². The molecule has 28 heavy (non-hydrogen) atoms. The summed E-state index contributed by atoms with van der Waals surface area (Å²) < 4.78 is 28.2. The van der Waals surface area contributed by atoms with Crippen LogP contribution in [0, 0.1) is 18.6 Å². The molecule has 0 spiro atoms. The highest BCUT2D eigenvalue weighted by Gasteiger charge is 2.12. The summed E-state index contributed by atoms with van der Waals surface area (Å²) in [6.45, 7) is 2.09. The Balaban J connectivity index is 1.78. The number of aromatic nitrogens is 2. The Morgan fingerprint density at radius 3 is 2.50 bits per heavy atom. The highest BCUT2D eigenvalue weighted by atomic mass is 35.5. The largest absolute Gasteiger partial charge is 0.280 e. The summed E-state index contributed by atoms with van der Waals surface area (Å²) in [5, 5.41) is 4.28. The zero-order chi connectivity index (χ0) is 20.0. The molecule has 0 amide bonds. The average molecular weight is 419 g/mol. The second kappa shape index (κ2) is 7.08. The SMILES string of the molecule is Cc1cc(-c2ccc3c(c2)c(=O)[nH]n3Cc2ccc(F)c(F)c2)c(Cl)cc1Cl. The molecule has 0 aliphatic carbocycles. The predicted molar refractivity (Wildman–Crippen MR) is 108 cm³/mol. The van der Waals surface area contributed by atoms with Crippen molar-refractivity contribution in [2.75, 3.05) is 0 Å². The van der Waals surface area contributed by atoms with Crippen LogP contribution in [0.15, 0.2) is 53.3 Å². The lowest BCUT2D eigenvalue weighted by Crippen LogP contribution is -2.07. The van der Waals surface area contributed by atoms with E-state index in [1.54, 1.807) is 22.9 Å². The molecular formula is C21H14Cl2F2N2O. The molecule has 0 saturated heterocycles. The number of fused-ring (bicyclic) bond motifs is 1. The number of halogens is 4. The molecule has 3 aromatic carbocycles. The van der Waals surface area contributed by atoms with Gasteiger partial charge in [0.05, 0.1) is 17.4 Å². The van der Waals surface area contributed by atoms with Gasteiger partial charge >= 0.3 is 0 Å². The van der Waals surface area contributed by atoms with Crippen LogP contribution in [0.4, 0.5) is 8.78 Å². The summed E-state index contributed by atoms with van der Waals surface area (Å²) in [6.07, 6.45) is 0. The minimum Gasteiger partial charge on any atom is -0.280 e. The van der Waals surface area contributed by atoms with E-state index in [0.29, 0.717) is 26.5 Å². The van der Waals surface area contributed by atoms with E-state index in [2.05, 4.69) is 5.10 Å². The number of nitrogens with zero attached hydrogens (tertiary/aromatic N) is 1. The molecule has 0 aliphatic rings. The third-order valence-electron chi connectivity index (χ3n) is 4.65. The van der Waals surface area contributed by atoms with E-state index in [9.17, 15) is 13.6 Å². The Morgan fingerprint density at radius 1 is 0.964 bits per heavy atom. The predicted octanol–water partition coefficient (Wildman–Crippen LogP) is 5.94. The summed E-state index contributed by atoms with van der Waals surface area (Å²) in [4.78, 5) is 12.4. The van der Waals surface area contributed by atoms with E-state index in [0.717, 1.165) is 28.8 Å². The van der Waals surface area contributed by atoms with E-state index in [-0.39, 0.29) is 12.1 Å². The van der Waals surface area contributed by atoms with Gasteiger partial charge in [-0.2, -0.15) is 0 Å². The third-order valence-corrected chi connectivity index (χ3v) is 5.37. The molecule has 1 heterocycles. The van der Waals surface area contributed by atoms with Crippen LogP contribution in [0.1, 0.15) is 11.1 Å². The number of H-pyrrole nitrogens is 1. The Bertz CT molecular complexity index is 1280. The van der Waals surface area contributed by atoms with Gasteiger partial charge in [-0.25, -0.2) is 8.78 Å². The van der Waals surface area contributed by atoms with Gasteiger partial charge in [-0.3, -0.25) is 14.6 Å². The molecule has 3 nitrogen and oxygen atoms in total. The van der Waals surface area contributed by atoms with E-state index in [4.69, 9.17) is 23.2 Å². The summed E-state index contributed by atoms with van der Waals surface area (Å²) in [7, 11) is 0. The first-order valence-corrected chi connectivity index (χ1v) is 9.21. The van der Waals surface area contributed by atoms with Gasteiger partial charge in [0.25, 0.3) is 5.56 Å². The lowest BCUT2D eigenvalue weighted by atomic mass is 10.0. The third kappa shape index (κ3) is 3.32. The van der Waals surface area contributed by atoms with Crippen LogP contribution in [0.3, 0.4) is 0 Å². The summed E-state index contributed by atoms with van der Waals surface area (Å²) in [6, 6.07) is 12.6. The molecule has 0 fully saturated rings. The Labute approximate surface area is 169 Å². The molecule has 0 atom stereocenters. The van der Waals surface area contributed by atoms with Gasteiger partial charge in [-0.15, -0.1) is 0 Å². The number of aryl methyl sites for hydroxylation is 1. The fourth-order valence-corrected chi connectivity index (χ4v) is 3.68. The van der Waals surface area contributed by atoms with Gasteiger partial charge in [0.15, 0.2) is 11.6 Å². The number of aromatic amines is 1. The lowest BCUT2D eigenvalue weighted by Gasteiger charge is -2.09. The van der Waals surface area contributed by atoms with Gasteiger partial charge < -0.3 is 0 Å². The standard InChI is InChI=1S/C21H14Cl2F2N2O/c1-11-6-14(17(23)9-16(11)22)13-3-5-20-15(8-13)21(28)26-27(20)10-12-2-4-18(24)19(25)7-12/h2-9H,10H2,1H3,(H,26,28). The van der Waals surface area contributed by atoms with Crippen molar-refractivity contribution in [3.63, 3.8) is 0 Å². The molecule has 7 heteroatoms. The highest BCUT2D eigenvalue weighted by Crippen LogP contribution is 2.33. The average Bonchev–Trinajstić information content (AvgIpc) is 2.96. The Hall–Kier alpha value is -2.63. The molecule has 0 radical (unpaired) electrons. The van der Waals surface area contributed by atoms with E-state index in [1.165, 1.54) is 6.07 Å². The summed E-state index contributed by atoms with van der Waals surface area (Å²) in [5.41, 5.74) is 3.35. The molecule has 4 rings (SSSR count). The zero-order valence-electron chi connectivity index (χ0n) is 14.7.